The molecule has 1 amide bonds. The predicted molar refractivity (Wildman–Crippen MR) is 111 cm³/mol. The number of rotatable bonds is 5. The van der Waals surface area contributed by atoms with E-state index in [0.717, 1.165) is 62.5 Å². The van der Waals surface area contributed by atoms with E-state index in [2.05, 4.69) is 39.5 Å². The van der Waals surface area contributed by atoms with Crippen LogP contribution in [-0.2, 0) is 26.1 Å². The van der Waals surface area contributed by atoms with Gasteiger partial charge >= 0.3 is 0 Å². The topological polar surface area (TPSA) is 67.2 Å². The Morgan fingerprint density at radius 1 is 1.21 bits per heavy atom. The lowest BCUT2D eigenvalue weighted by molar-refractivity contribution is 0.0743. The first-order valence-electron chi connectivity index (χ1n) is 11.0. The highest BCUT2D eigenvalue weighted by Crippen LogP contribution is 2.21. The zero-order valence-electron chi connectivity index (χ0n) is 17.7. The fraction of sp³-hybridized carbons (Fsp3) is 0.636. The lowest BCUT2D eigenvalue weighted by Crippen LogP contribution is -2.36. The molecule has 156 valence electrons. The number of hydrogen-bond acceptors (Lipinski definition) is 5. The summed E-state index contributed by atoms with van der Waals surface area (Å²) < 4.78 is 2.10. The Kier molecular flexibility index (Phi) is 6.23. The van der Waals surface area contributed by atoms with E-state index in [1.54, 1.807) is 6.20 Å². The van der Waals surface area contributed by atoms with E-state index >= 15 is 0 Å². The summed E-state index contributed by atoms with van der Waals surface area (Å²) in [7, 11) is 0. The first kappa shape index (κ1) is 20.0. The van der Waals surface area contributed by atoms with Gasteiger partial charge in [0.25, 0.3) is 5.91 Å². The number of carbonyl (C=O) groups is 1. The average Bonchev–Trinajstić information content (AvgIpc) is 2.99. The third-order valence-corrected chi connectivity index (χ3v) is 6.17. The standard InChI is InChI=1S/C22H32N6O/c1-3-7-21-20(13-23-16-24-21)22(29)27-10-6-11-28-19(15-27)12-18(25-28)14-26-9-5-4-8-17(26)2/h12-13,16-17H,3-11,14-15H2,1-2H3/t17-/m1/s1. The second-order valence-electron chi connectivity index (χ2n) is 8.38. The van der Waals surface area contributed by atoms with Crippen LogP contribution in [0.3, 0.4) is 0 Å². The van der Waals surface area contributed by atoms with Gasteiger partial charge in [0.1, 0.15) is 6.33 Å². The average molecular weight is 397 g/mol. The van der Waals surface area contributed by atoms with Gasteiger partial charge in [-0.3, -0.25) is 14.4 Å². The summed E-state index contributed by atoms with van der Waals surface area (Å²) >= 11 is 0. The third-order valence-electron chi connectivity index (χ3n) is 6.17. The summed E-state index contributed by atoms with van der Waals surface area (Å²) in [5.74, 6) is 0.0369. The minimum Gasteiger partial charge on any atom is -0.333 e. The van der Waals surface area contributed by atoms with E-state index in [-0.39, 0.29) is 5.91 Å². The first-order valence-corrected chi connectivity index (χ1v) is 11.0. The molecule has 2 aliphatic heterocycles. The van der Waals surface area contributed by atoms with Crippen molar-refractivity contribution in [2.24, 2.45) is 0 Å². The number of carbonyl (C=O) groups excluding carboxylic acids is 1. The second kappa shape index (κ2) is 9.03. The number of piperidine rings is 1. The molecule has 7 heteroatoms. The Morgan fingerprint density at radius 2 is 2.10 bits per heavy atom. The summed E-state index contributed by atoms with van der Waals surface area (Å²) in [4.78, 5) is 26.2. The Labute approximate surface area is 173 Å². The molecular formula is C22H32N6O. The van der Waals surface area contributed by atoms with Crippen molar-refractivity contribution in [3.63, 3.8) is 0 Å². The highest BCUT2D eigenvalue weighted by atomic mass is 16.2. The van der Waals surface area contributed by atoms with Crippen LogP contribution in [0.2, 0.25) is 0 Å². The normalized spacial score (nSPS) is 20.3. The van der Waals surface area contributed by atoms with Crippen LogP contribution in [0.25, 0.3) is 0 Å². The molecule has 0 saturated carbocycles. The van der Waals surface area contributed by atoms with Crippen LogP contribution in [-0.4, -0.2) is 54.6 Å². The van der Waals surface area contributed by atoms with E-state index in [1.807, 2.05) is 4.90 Å². The van der Waals surface area contributed by atoms with Gasteiger partial charge in [-0.2, -0.15) is 5.10 Å². The number of fused-ring (bicyclic) bond motifs is 1. The number of aryl methyl sites for hydroxylation is 2. The Hall–Kier alpha value is -2.28. The van der Waals surface area contributed by atoms with Gasteiger partial charge in [-0.1, -0.05) is 19.8 Å². The number of nitrogens with zero attached hydrogens (tertiary/aromatic N) is 6. The summed E-state index contributed by atoms with van der Waals surface area (Å²) in [5.41, 5.74) is 3.75. The minimum atomic E-state index is 0.0369. The fourth-order valence-corrected chi connectivity index (χ4v) is 4.51. The molecule has 1 saturated heterocycles. The molecular weight excluding hydrogens is 364 g/mol. The predicted octanol–water partition coefficient (Wildman–Crippen LogP) is 3.05. The van der Waals surface area contributed by atoms with Gasteiger partial charge in [-0.05, 0) is 45.2 Å². The zero-order valence-corrected chi connectivity index (χ0v) is 17.7. The number of hydrogen-bond donors (Lipinski definition) is 0. The fourth-order valence-electron chi connectivity index (χ4n) is 4.51. The Balaban J connectivity index is 1.49. The largest absolute Gasteiger partial charge is 0.333 e. The molecule has 4 heterocycles. The van der Waals surface area contributed by atoms with Gasteiger partial charge in [-0.15, -0.1) is 0 Å². The molecule has 1 fully saturated rings. The molecule has 0 bridgehead atoms. The van der Waals surface area contributed by atoms with E-state index in [9.17, 15) is 4.79 Å². The molecule has 2 aromatic rings. The zero-order chi connectivity index (χ0) is 20.2. The summed E-state index contributed by atoms with van der Waals surface area (Å²) in [6.07, 6.45) is 9.76. The van der Waals surface area contributed by atoms with Crippen molar-refractivity contribution in [2.75, 3.05) is 13.1 Å². The maximum Gasteiger partial charge on any atom is 0.257 e. The van der Waals surface area contributed by atoms with Crippen molar-refractivity contribution < 1.29 is 4.79 Å². The number of aromatic nitrogens is 4. The maximum absolute atomic E-state index is 13.2. The quantitative estimate of drug-likeness (QED) is 0.777. The van der Waals surface area contributed by atoms with Crippen molar-refractivity contribution in [1.82, 2.24) is 29.5 Å². The number of likely N-dealkylation sites (tertiary alicyclic amines) is 1. The highest BCUT2D eigenvalue weighted by Gasteiger charge is 2.25. The van der Waals surface area contributed by atoms with Gasteiger partial charge < -0.3 is 4.90 Å². The lowest BCUT2D eigenvalue weighted by Gasteiger charge is -2.32. The van der Waals surface area contributed by atoms with Crippen LogP contribution in [0.1, 0.15) is 73.4 Å². The van der Waals surface area contributed by atoms with Crippen molar-refractivity contribution in [2.45, 2.75) is 78.0 Å². The van der Waals surface area contributed by atoms with Crippen molar-refractivity contribution >= 4 is 5.91 Å². The Morgan fingerprint density at radius 3 is 2.93 bits per heavy atom. The molecule has 0 unspecified atom stereocenters. The van der Waals surface area contributed by atoms with Crippen LogP contribution in [0.5, 0.6) is 0 Å². The molecule has 0 spiro atoms. The van der Waals surface area contributed by atoms with E-state index in [0.29, 0.717) is 18.2 Å². The van der Waals surface area contributed by atoms with Gasteiger partial charge in [0.2, 0.25) is 0 Å². The first-order chi connectivity index (χ1) is 14.2. The summed E-state index contributed by atoms with van der Waals surface area (Å²) in [6, 6.07) is 2.82. The van der Waals surface area contributed by atoms with E-state index < -0.39 is 0 Å². The molecule has 29 heavy (non-hydrogen) atoms. The molecule has 0 aromatic carbocycles. The summed E-state index contributed by atoms with van der Waals surface area (Å²) in [5, 5.41) is 4.87. The molecule has 0 radical (unpaired) electrons. The van der Waals surface area contributed by atoms with Gasteiger partial charge in [0.05, 0.1) is 29.2 Å². The molecule has 7 nitrogen and oxygen atoms in total. The highest BCUT2D eigenvalue weighted by molar-refractivity contribution is 5.95. The minimum absolute atomic E-state index is 0.0369. The van der Waals surface area contributed by atoms with E-state index in [1.165, 1.54) is 25.6 Å². The molecule has 2 aliphatic rings. The molecule has 0 aliphatic carbocycles. The Bertz CT molecular complexity index is 848. The van der Waals surface area contributed by atoms with Crippen LogP contribution in [0, 0.1) is 0 Å². The van der Waals surface area contributed by atoms with Gasteiger partial charge in [0.15, 0.2) is 0 Å². The monoisotopic (exact) mass is 396 g/mol. The third kappa shape index (κ3) is 4.50. The van der Waals surface area contributed by atoms with Crippen molar-refractivity contribution in [3.8, 4) is 0 Å². The molecule has 1 atom stereocenters. The van der Waals surface area contributed by atoms with Gasteiger partial charge in [0, 0.05) is 31.9 Å². The lowest BCUT2D eigenvalue weighted by atomic mass is 10.0. The smallest absolute Gasteiger partial charge is 0.257 e. The second-order valence-corrected chi connectivity index (χ2v) is 8.38. The van der Waals surface area contributed by atoms with Gasteiger partial charge in [-0.25, -0.2) is 9.97 Å². The SMILES string of the molecule is CCCc1ncncc1C(=O)N1CCCn2nc(CN3CCCC[C@H]3C)cc2C1. The van der Waals surface area contributed by atoms with E-state index in [4.69, 9.17) is 5.10 Å². The van der Waals surface area contributed by atoms with Crippen LogP contribution in [0.15, 0.2) is 18.6 Å². The molecule has 2 aromatic heterocycles. The van der Waals surface area contributed by atoms with Crippen molar-refractivity contribution in [1.29, 1.82) is 0 Å². The van der Waals surface area contributed by atoms with Crippen LogP contribution in [0.4, 0.5) is 0 Å². The summed E-state index contributed by atoms with van der Waals surface area (Å²) in [6.45, 7) is 8.68. The van der Waals surface area contributed by atoms with Crippen molar-refractivity contribution in [3.05, 3.63) is 41.2 Å². The molecule has 0 N–H and O–H groups in total. The molecule has 4 rings (SSSR count). The van der Waals surface area contributed by atoms with Crippen LogP contribution >= 0.6 is 0 Å². The number of amides is 1. The van der Waals surface area contributed by atoms with Crippen LogP contribution < -0.4 is 0 Å². The maximum atomic E-state index is 13.2.